The van der Waals surface area contributed by atoms with Crippen molar-refractivity contribution in [1.82, 2.24) is 5.32 Å². The number of aliphatic hydroxyl groups is 7. The Hall–Kier alpha value is -1.58. The van der Waals surface area contributed by atoms with Crippen molar-refractivity contribution in [3.63, 3.8) is 0 Å². The van der Waals surface area contributed by atoms with Crippen molar-refractivity contribution < 1.29 is 78.5 Å². The summed E-state index contributed by atoms with van der Waals surface area (Å²) in [5.74, 6) is -4.46. The van der Waals surface area contributed by atoms with Gasteiger partial charge in [-0.25, -0.2) is 0 Å². The van der Waals surface area contributed by atoms with Crippen LogP contribution >= 0.6 is 0 Å². The monoisotopic (exact) mass is 778 g/mol. The number of ether oxygens (including phenoxy) is 7. The van der Waals surface area contributed by atoms with Crippen molar-refractivity contribution in [2.75, 3.05) is 61.0 Å². The quantitative estimate of drug-likeness (QED) is 0.0567. The number of amides is 1. The second-order valence-electron chi connectivity index (χ2n) is 13.0. The SMILES string of the molecule is CC.CC[C@H](CO)O[C@](CC)(CO)OC.CC[C@H](COC(=O)CCCC(=O)NC(C)(C)C)OC(CO)(CO)OC.CC[C@H]1O[C@@](CO)(OC)[C@H](O)[C@@H]1O. The lowest BCUT2D eigenvalue weighted by Crippen LogP contribution is -2.47. The van der Waals surface area contributed by atoms with E-state index in [9.17, 15) is 30.0 Å². The first-order valence-corrected chi connectivity index (χ1v) is 18.5. The van der Waals surface area contributed by atoms with Gasteiger partial charge in [-0.2, -0.15) is 0 Å². The number of carbonyl (C=O) groups is 2. The molecule has 320 valence electrons. The third-order valence-electron chi connectivity index (χ3n) is 8.09. The number of esters is 1. The molecule has 1 aliphatic rings. The summed E-state index contributed by atoms with van der Waals surface area (Å²) >= 11 is 0. The van der Waals surface area contributed by atoms with Crippen LogP contribution in [0.4, 0.5) is 0 Å². The number of carbonyl (C=O) groups excluding carboxylic acids is 2. The zero-order valence-electron chi connectivity index (χ0n) is 34.4. The summed E-state index contributed by atoms with van der Waals surface area (Å²) in [6.45, 7) is 15.3. The molecule has 1 saturated heterocycles. The summed E-state index contributed by atoms with van der Waals surface area (Å²) in [5.41, 5.74) is -0.295. The van der Waals surface area contributed by atoms with Gasteiger partial charge in [0.15, 0.2) is 5.79 Å². The normalized spacial score (nSPS) is 22.1. The van der Waals surface area contributed by atoms with Crippen LogP contribution in [-0.4, -0.2) is 162 Å². The fourth-order valence-electron chi connectivity index (χ4n) is 4.56. The summed E-state index contributed by atoms with van der Waals surface area (Å²) in [6, 6.07) is 0. The standard InChI is InChI=1S/C17H33NO7.C9H20O4.C8H16O5.C2H6/c1-6-13(25-17(11-19,12-20)23-5)10-24-15(22)9-7-8-14(21)18-16(2,3)4;1-4-8(6-10)13-9(5-2,7-11)12-3;1-3-5-6(10)7(11)8(4-9,12-2)13-5;1-2/h13,19-20H,6-12H2,1-5H3,(H,18,21);8,10-11H,4-7H2,1-3H3;5-7,9-11H,3-4H2,1-2H3;1-2H3/t13-;8-,9-;5-,6-,7-,8-;/m111./s1. The molecule has 53 heavy (non-hydrogen) atoms. The number of hydrogen-bond donors (Lipinski definition) is 8. The minimum atomic E-state index is -1.52. The van der Waals surface area contributed by atoms with E-state index in [0.29, 0.717) is 32.1 Å². The number of nitrogens with one attached hydrogen (secondary N) is 1. The van der Waals surface area contributed by atoms with E-state index in [1.807, 2.05) is 62.3 Å². The lowest BCUT2D eigenvalue weighted by atomic mass is 10.0. The van der Waals surface area contributed by atoms with Crippen LogP contribution in [0.2, 0.25) is 0 Å². The van der Waals surface area contributed by atoms with Gasteiger partial charge in [-0.3, -0.25) is 9.59 Å². The minimum Gasteiger partial charge on any atom is -0.463 e. The number of rotatable bonds is 22. The van der Waals surface area contributed by atoms with Gasteiger partial charge in [-0.1, -0.05) is 41.5 Å². The summed E-state index contributed by atoms with van der Waals surface area (Å²) < 4.78 is 36.3. The van der Waals surface area contributed by atoms with Gasteiger partial charge in [-0.15, -0.1) is 0 Å². The van der Waals surface area contributed by atoms with Crippen LogP contribution in [0, 0.1) is 0 Å². The maximum absolute atomic E-state index is 11.8. The zero-order valence-corrected chi connectivity index (χ0v) is 34.4. The topological polar surface area (TPSA) is 252 Å². The third-order valence-corrected chi connectivity index (χ3v) is 8.09. The first kappa shape index (κ1) is 55.8. The molecule has 8 N–H and O–H groups in total. The molecular formula is C36H75NO16. The molecule has 0 bridgehead atoms. The summed E-state index contributed by atoms with van der Waals surface area (Å²) in [7, 11) is 4.13. The van der Waals surface area contributed by atoms with Crippen molar-refractivity contribution in [3.8, 4) is 0 Å². The van der Waals surface area contributed by atoms with Crippen molar-refractivity contribution in [2.45, 2.75) is 161 Å². The van der Waals surface area contributed by atoms with E-state index in [1.54, 1.807) is 0 Å². The van der Waals surface area contributed by atoms with E-state index in [1.165, 1.54) is 21.3 Å². The van der Waals surface area contributed by atoms with Crippen LogP contribution < -0.4 is 5.32 Å². The van der Waals surface area contributed by atoms with E-state index in [2.05, 4.69) is 5.32 Å². The highest BCUT2D eigenvalue weighted by molar-refractivity contribution is 5.77. The van der Waals surface area contributed by atoms with Crippen LogP contribution in [0.15, 0.2) is 0 Å². The first-order valence-electron chi connectivity index (χ1n) is 18.5. The Bertz CT molecular complexity index is 886. The largest absolute Gasteiger partial charge is 0.463 e. The molecule has 0 aromatic rings. The zero-order chi connectivity index (χ0) is 41.9. The predicted octanol–water partition coefficient (Wildman–Crippen LogP) is 1.13. The Morgan fingerprint density at radius 3 is 1.64 bits per heavy atom. The predicted molar refractivity (Wildman–Crippen MR) is 196 cm³/mol. The number of aliphatic hydroxyl groups excluding tert-OH is 7. The van der Waals surface area contributed by atoms with Gasteiger partial charge < -0.3 is 74.2 Å². The average molecular weight is 778 g/mol. The number of methoxy groups -OCH3 is 3. The molecule has 0 unspecified atom stereocenters. The van der Waals surface area contributed by atoms with E-state index in [0.717, 1.165) is 0 Å². The molecule has 0 aromatic heterocycles. The molecule has 1 amide bonds. The van der Waals surface area contributed by atoms with E-state index in [-0.39, 0.29) is 50.2 Å². The van der Waals surface area contributed by atoms with Crippen LogP contribution in [0.25, 0.3) is 0 Å². The second kappa shape index (κ2) is 29.7. The molecule has 7 atom stereocenters. The molecule has 1 heterocycles. The van der Waals surface area contributed by atoms with Gasteiger partial charge in [-0.05, 0) is 46.5 Å². The van der Waals surface area contributed by atoms with Crippen molar-refractivity contribution in [1.29, 1.82) is 0 Å². The van der Waals surface area contributed by atoms with Crippen LogP contribution in [0.5, 0.6) is 0 Å². The Kier molecular flexibility index (Phi) is 31.2. The molecule has 17 heteroatoms. The maximum atomic E-state index is 11.8. The number of hydrogen-bond acceptors (Lipinski definition) is 16. The maximum Gasteiger partial charge on any atom is 0.305 e. The molecule has 0 aliphatic carbocycles. The third kappa shape index (κ3) is 20.8. The van der Waals surface area contributed by atoms with Crippen molar-refractivity contribution >= 4 is 11.9 Å². The molecule has 17 nitrogen and oxygen atoms in total. The van der Waals surface area contributed by atoms with Gasteiger partial charge >= 0.3 is 5.97 Å². The molecule has 1 fully saturated rings. The van der Waals surface area contributed by atoms with Crippen LogP contribution in [-0.2, 0) is 42.7 Å². The summed E-state index contributed by atoms with van der Waals surface area (Å²) in [6.07, 6.45) is -0.390. The van der Waals surface area contributed by atoms with Gasteiger partial charge in [0.05, 0.1) is 44.7 Å². The van der Waals surface area contributed by atoms with Crippen molar-refractivity contribution in [3.05, 3.63) is 0 Å². The fourth-order valence-corrected chi connectivity index (χ4v) is 4.56. The molecule has 0 spiro atoms. The molecule has 0 saturated carbocycles. The second-order valence-corrected chi connectivity index (χ2v) is 13.0. The molecular weight excluding hydrogens is 702 g/mol. The Labute approximate surface area is 317 Å². The molecule has 1 rings (SSSR count). The van der Waals surface area contributed by atoms with E-state index in [4.69, 9.17) is 48.5 Å². The molecule has 0 aromatic carbocycles. The summed E-state index contributed by atoms with van der Waals surface area (Å²) in [4.78, 5) is 23.4. The summed E-state index contributed by atoms with van der Waals surface area (Å²) in [5, 5.41) is 67.4. The minimum absolute atomic E-state index is 0.0192. The van der Waals surface area contributed by atoms with E-state index >= 15 is 0 Å². The van der Waals surface area contributed by atoms with Crippen LogP contribution in [0.1, 0.15) is 107 Å². The van der Waals surface area contributed by atoms with E-state index < -0.39 is 67.6 Å². The van der Waals surface area contributed by atoms with Gasteiger partial charge in [0, 0.05) is 46.1 Å². The first-order chi connectivity index (χ1) is 24.9. The molecule has 0 radical (unpaired) electrons. The fraction of sp³-hybridized carbons (Fsp3) is 0.944. The highest BCUT2D eigenvalue weighted by Gasteiger charge is 2.53. The Morgan fingerprint density at radius 2 is 1.32 bits per heavy atom. The van der Waals surface area contributed by atoms with Gasteiger partial charge in [0.1, 0.15) is 25.4 Å². The van der Waals surface area contributed by atoms with Crippen molar-refractivity contribution in [2.24, 2.45) is 0 Å². The van der Waals surface area contributed by atoms with Gasteiger partial charge in [0.25, 0.3) is 0 Å². The highest BCUT2D eigenvalue weighted by atomic mass is 16.7. The highest BCUT2D eigenvalue weighted by Crippen LogP contribution is 2.33. The van der Waals surface area contributed by atoms with Gasteiger partial charge in [0.2, 0.25) is 17.5 Å². The Balaban J connectivity index is -0.000000751. The lowest BCUT2D eigenvalue weighted by Gasteiger charge is -2.32. The molecule has 1 aliphatic heterocycles. The average Bonchev–Trinajstić information content (AvgIpc) is 3.42. The Morgan fingerprint density at radius 1 is 0.811 bits per heavy atom. The smallest absolute Gasteiger partial charge is 0.305 e. The lowest BCUT2D eigenvalue weighted by molar-refractivity contribution is -0.282. The van der Waals surface area contributed by atoms with Crippen LogP contribution in [0.3, 0.4) is 0 Å².